The molecule has 0 nitrogen and oxygen atoms in total. The Kier molecular flexibility index (Phi) is 3.65. The van der Waals surface area contributed by atoms with E-state index in [0.717, 1.165) is 0 Å². The Morgan fingerprint density at radius 1 is 1.38 bits per heavy atom. The molecule has 0 radical (unpaired) electrons. The minimum atomic E-state index is 0.227. The summed E-state index contributed by atoms with van der Waals surface area (Å²) < 4.78 is 0. The molecule has 1 heterocycles. The largest absolute Gasteiger partial charge is 0.146 e. The highest BCUT2D eigenvalue weighted by atomic mass is 35.5. The summed E-state index contributed by atoms with van der Waals surface area (Å²) in [5, 5.41) is 0.227. The molecule has 0 saturated heterocycles. The molecule has 2 heteroatoms. The molecule has 0 amide bonds. The molecule has 0 N–H and O–H groups in total. The first kappa shape index (κ1) is 12.4. The molecule has 1 fully saturated rings. The monoisotopic (exact) mass is 256 g/mol. The van der Waals surface area contributed by atoms with Crippen molar-refractivity contribution in [3.05, 3.63) is 21.4 Å². The van der Waals surface area contributed by atoms with Gasteiger partial charge in [0, 0.05) is 9.75 Å². The summed E-state index contributed by atoms with van der Waals surface area (Å²) in [6, 6.07) is 2.30. The highest BCUT2D eigenvalue weighted by Gasteiger charge is 2.40. The first-order chi connectivity index (χ1) is 7.59. The Bertz CT molecular complexity index is 361. The second-order valence-corrected chi connectivity index (χ2v) is 7.05. The minimum Gasteiger partial charge on any atom is -0.146 e. The van der Waals surface area contributed by atoms with Crippen molar-refractivity contribution in [3.8, 4) is 0 Å². The van der Waals surface area contributed by atoms with E-state index in [2.05, 4.69) is 26.8 Å². The van der Waals surface area contributed by atoms with Gasteiger partial charge in [-0.15, -0.1) is 22.9 Å². The highest BCUT2D eigenvalue weighted by Crippen LogP contribution is 2.54. The van der Waals surface area contributed by atoms with Gasteiger partial charge in [-0.3, -0.25) is 0 Å². The number of aryl methyl sites for hydroxylation is 2. The van der Waals surface area contributed by atoms with Crippen LogP contribution in [0.1, 0.15) is 59.7 Å². The van der Waals surface area contributed by atoms with Crippen molar-refractivity contribution < 1.29 is 0 Å². The van der Waals surface area contributed by atoms with Crippen molar-refractivity contribution in [1.82, 2.24) is 0 Å². The normalized spacial score (nSPS) is 21.2. The molecular weight excluding hydrogens is 236 g/mol. The Morgan fingerprint density at radius 2 is 2.00 bits per heavy atom. The number of hydrogen-bond donors (Lipinski definition) is 0. The molecule has 0 bridgehead atoms. The maximum absolute atomic E-state index is 6.79. The fourth-order valence-corrected chi connectivity index (χ4v) is 4.72. The highest BCUT2D eigenvalue weighted by molar-refractivity contribution is 7.12. The van der Waals surface area contributed by atoms with E-state index in [1.165, 1.54) is 47.4 Å². The lowest BCUT2D eigenvalue weighted by Gasteiger charge is -2.33. The molecule has 1 saturated carbocycles. The lowest BCUT2D eigenvalue weighted by molar-refractivity contribution is 0.271. The van der Waals surface area contributed by atoms with E-state index in [9.17, 15) is 0 Å². The predicted molar refractivity (Wildman–Crippen MR) is 73.6 cm³/mol. The average Bonchev–Trinajstić information content (AvgIpc) is 2.85. The van der Waals surface area contributed by atoms with Crippen LogP contribution in [0.4, 0.5) is 0 Å². The van der Waals surface area contributed by atoms with Gasteiger partial charge < -0.3 is 0 Å². The van der Waals surface area contributed by atoms with E-state index in [1.54, 1.807) is 0 Å². The summed E-state index contributed by atoms with van der Waals surface area (Å²) in [7, 11) is 0. The van der Waals surface area contributed by atoms with E-state index in [-0.39, 0.29) is 5.38 Å². The van der Waals surface area contributed by atoms with Crippen LogP contribution in [-0.2, 0) is 0 Å². The van der Waals surface area contributed by atoms with Crippen LogP contribution in [0.3, 0.4) is 0 Å². The maximum Gasteiger partial charge on any atom is 0.0652 e. The van der Waals surface area contributed by atoms with Gasteiger partial charge in [0.1, 0.15) is 0 Å². The van der Waals surface area contributed by atoms with Gasteiger partial charge >= 0.3 is 0 Å². The summed E-state index contributed by atoms with van der Waals surface area (Å²) in [6.07, 6.45) is 6.56. The topological polar surface area (TPSA) is 0 Å². The quantitative estimate of drug-likeness (QED) is 0.616. The molecule has 0 spiro atoms. The summed E-state index contributed by atoms with van der Waals surface area (Å²) in [4.78, 5) is 2.81. The average molecular weight is 257 g/mol. The first-order valence-corrected chi connectivity index (χ1v) is 7.55. The third-order valence-corrected chi connectivity index (χ3v) is 5.87. The zero-order chi connectivity index (χ0) is 11.8. The third kappa shape index (κ3) is 2.04. The van der Waals surface area contributed by atoms with Crippen LogP contribution in [0.5, 0.6) is 0 Å². The van der Waals surface area contributed by atoms with E-state index < -0.39 is 0 Å². The van der Waals surface area contributed by atoms with Crippen LogP contribution < -0.4 is 0 Å². The van der Waals surface area contributed by atoms with Crippen molar-refractivity contribution >= 4 is 22.9 Å². The number of hydrogen-bond acceptors (Lipinski definition) is 1. The van der Waals surface area contributed by atoms with Crippen LogP contribution in [0, 0.1) is 19.3 Å². The SMILES string of the molecule is CCC1(C(Cl)c2cc(C)sc2C)CCCC1. The molecule has 16 heavy (non-hydrogen) atoms. The number of thiophene rings is 1. The molecule has 1 aromatic rings. The molecule has 90 valence electrons. The zero-order valence-corrected chi connectivity index (χ0v) is 12.0. The van der Waals surface area contributed by atoms with Crippen LogP contribution in [0.15, 0.2) is 6.07 Å². The van der Waals surface area contributed by atoms with Crippen molar-refractivity contribution in [2.45, 2.75) is 58.3 Å². The predicted octanol–water partition coefficient (Wildman–Crippen LogP) is 5.62. The Hall–Kier alpha value is -0.0100. The molecule has 1 aromatic heterocycles. The summed E-state index contributed by atoms with van der Waals surface area (Å²) >= 11 is 8.68. The van der Waals surface area contributed by atoms with Gasteiger partial charge in [0.2, 0.25) is 0 Å². The van der Waals surface area contributed by atoms with Gasteiger partial charge in [-0.25, -0.2) is 0 Å². The zero-order valence-electron chi connectivity index (χ0n) is 10.5. The van der Waals surface area contributed by atoms with Crippen LogP contribution in [0.25, 0.3) is 0 Å². The Balaban J connectivity index is 2.29. The van der Waals surface area contributed by atoms with Crippen molar-refractivity contribution in [3.63, 3.8) is 0 Å². The third-order valence-electron chi connectivity index (χ3n) is 4.19. The van der Waals surface area contributed by atoms with Crippen molar-refractivity contribution in [2.75, 3.05) is 0 Å². The lowest BCUT2D eigenvalue weighted by Crippen LogP contribution is -2.21. The molecule has 0 aliphatic heterocycles. The maximum atomic E-state index is 6.79. The summed E-state index contributed by atoms with van der Waals surface area (Å²) in [6.45, 7) is 6.69. The molecular formula is C14H21ClS. The van der Waals surface area contributed by atoms with Crippen LogP contribution >= 0.6 is 22.9 Å². The second kappa shape index (κ2) is 4.70. The smallest absolute Gasteiger partial charge is 0.0652 e. The minimum absolute atomic E-state index is 0.227. The molecule has 1 atom stereocenters. The number of alkyl halides is 1. The molecule has 1 aliphatic rings. The fraction of sp³-hybridized carbons (Fsp3) is 0.714. The molecule has 2 rings (SSSR count). The molecule has 1 unspecified atom stereocenters. The van der Waals surface area contributed by atoms with E-state index in [1.807, 2.05) is 11.3 Å². The van der Waals surface area contributed by atoms with Gasteiger partial charge in [-0.2, -0.15) is 0 Å². The van der Waals surface area contributed by atoms with Gasteiger partial charge in [-0.05, 0) is 50.2 Å². The lowest BCUT2D eigenvalue weighted by atomic mass is 9.77. The summed E-state index contributed by atoms with van der Waals surface area (Å²) in [5.74, 6) is 0. The summed E-state index contributed by atoms with van der Waals surface area (Å²) in [5.41, 5.74) is 1.77. The van der Waals surface area contributed by atoms with E-state index in [0.29, 0.717) is 5.41 Å². The van der Waals surface area contributed by atoms with Gasteiger partial charge in [0.05, 0.1) is 5.38 Å². The first-order valence-electron chi connectivity index (χ1n) is 6.30. The van der Waals surface area contributed by atoms with Crippen LogP contribution in [-0.4, -0.2) is 0 Å². The Morgan fingerprint density at radius 3 is 2.44 bits per heavy atom. The number of halogens is 1. The standard InChI is InChI=1S/C14H21ClS/c1-4-14(7-5-6-8-14)13(15)12-9-10(2)16-11(12)3/h9,13H,4-8H2,1-3H3. The van der Waals surface area contributed by atoms with Gasteiger partial charge in [-0.1, -0.05) is 19.8 Å². The number of rotatable bonds is 3. The van der Waals surface area contributed by atoms with Gasteiger partial charge in [0.25, 0.3) is 0 Å². The van der Waals surface area contributed by atoms with Crippen molar-refractivity contribution in [1.29, 1.82) is 0 Å². The molecule has 0 aromatic carbocycles. The molecule has 1 aliphatic carbocycles. The Labute approximate surface area is 108 Å². The second-order valence-electron chi connectivity index (χ2n) is 5.15. The van der Waals surface area contributed by atoms with E-state index in [4.69, 9.17) is 11.6 Å². The van der Waals surface area contributed by atoms with E-state index >= 15 is 0 Å². The van der Waals surface area contributed by atoms with Crippen molar-refractivity contribution in [2.24, 2.45) is 5.41 Å². The van der Waals surface area contributed by atoms with Gasteiger partial charge in [0.15, 0.2) is 0 Å². The van der Waals surface area contributed by atoms with Crippen LogP contribution in [0.2, 0.25) is 0 Å². The fourth-order valence-electron chi connectivity index (χ4n) is 3.10.